The number of oxazole rings is 1. The fraction of sp³-hybridized carbons (Fsp3) is 0.150. The highest BCUT2D eigenvalue weighted by atomic mass is 19.1. The molecule has 0 saturated heterocycles. The Morgan fingerprint density at radius 2 is 1.78 bits per heavy atom. The molecule has 1 N–H and O–H groups in total. The van der Waals surface area contributed by atoms with Gasteiger partial charge in [0.05, 0.1) is 5.69 Å². The molecule has 1 aromatic heterocycles. The first-order valence-electron chi connectivity index (χ1n) is 8.25. The standard InChI is InChI=1S/C20H17FN2O4/c1-12-17(23-19(26-12)14-8-4-3-5-9-14)20(25)27-13(2)18(24)22-16-11-7-6-10-15(16)21/h3-11,13H,1-2H3,(H,22,24)/t13-/m0/s1. The molecule has 0 spiro atoms. The van der Waals surface area contributed by atoms with Crippen molar-refractivity contribution in [2.24, 2.45) is 0 Å². The third-order valence-electron chi connectivity index (χ3n) is 3.80. The van der Waals surface area contributed by atoms with E-state index < -0.39 is 23.8 Å². The van der Waals surface area contributed by atoms with Gasteiger partial charge in [0.1, 0.15) is 11.6 Å². The molecule has 2 aromatic carbocycles. The van der Waals surface area contributed by atoms with Crippen LogP contribution in [0.15, 0.2) is 59.0 Å². The predicted molar refractivity (Wildman–Crippen MR) is 96.6 cm³/mol. The van der Waals surface area contributed by atoms with E-state index in [4.69, 9.17) is 9.15 Å². The molecule has 0 fully saturated rings. The number of amides is 1. The molecule has 1 atom stereocenters. The fourth-order valence-electron chi connectivity index (χ4n) is 2.36. The van der Waals surface area contributed by atoms with Crippen molar-refractivity contribution in [3.05, 3.63) is 71.9 Å². The monoisotopic (exact) mass is 368 g/mol. The van der Waals surface area contributed by atoms with Gasteiger partial charge >= 0.3 is 5.97 Å². The number of halogens is 1. The summed E-state index contributed by atoms with van der Waals surface area (Å²) in [5, 5.41) is 2.38. The van der Waals surface area contributed by atoms with E-state index in [0.29, 0.717) is 5.56 Å². The molecule has 1 amide bonds. The number of nitrogens with one attached hydrogen (secondary N) is 1. The van der Waals surface area contributed by atoms with E-state index in [1.54, 1.807) is 25.1 Å². The third-order valence-corrected chi connectivity index (χ3v) is 3.80. The van der Waals surface area contributed by atoms with Gasteiger partial charge in [-0.3, -0.25) is 4.79 Å². The van der Waals surface area contributed by atoms with Crippen LogP contribution in [0.3, 0.4) is 0 Å². The fourth-order valence-corrected chi connectivity index (χ4v) is 2.36. The number of carbonyl (C=O) groups excluding carboxylic acids is 2. The topological polar surface area (TPSA) is 81.4 Å². The van der Waals surface area contributed by atoms with Crippen LogP contribution in [0, 0.1) is 12.7 Å². The number of hydrogen-bond donors (Lipinski definition) is 1. The highest BCUT2D eigenvalue weighted by molar-refractivity contribution is 5.97. The summed E-state index contributed by atoms with van der Waals surface area (Å²) in [4.78, 5) is 28.6. The number of benzene rings is 2. The van der Waals surface area contributed by atoms with Crippen molar-refractivity contribution >= 4 is 17.6 Å². The van der Waals surface area contributed by atoms with Crippen molar-refractivity contribution in [2.75, 3.05) is 5.32 Å². The van der Waals surface area contributed by atoms with Crippen LogP contribution in [0.1, 0.15) is 23.2 Å². The molecule has 0 aliphatic carbocycles. The minimum atomic E-state index is -1.15. The second-order valence-electron chi connectivity index (χ2n) is 5.81. The van der Waals surface area contributed by atoms with Crippen molar-refractivity contribution < 1.29 is 23.1 Å². The highest BCUT2D eigenvalue weighted by Crippen LogP contribution is 2.22. The molecule has 0 saturated carbocycles. The highest BCUT2D eigenvalue weighted by Gasteiger charge is 2.24. The summed E-state index contributed by atoms with van der Waals surface area (Å²) < 4.78 is 24.3. The normalized spacial score (nSPS) is 11.7. The number of esters is 1. The van der Waals surface area contributed by atoms with Gasteiger partial charge in [0.2, 0.25) is 5.89 Å². The number of nitrogens with zero attached hydrogens (tertiary/aromatic N) is 1. The van der Waals surface area contributed by atoms with Crippen LogP contribution in [0.25, 0.3) is 11.5 Å². The molecule has 138 valence electrons. The SMILES string of the molecule is Cc1oc(-c2ccccc2)nc1C(=O)O[C@@H](C)C(=O)Nc1ccccc1F. The zero-order valence-corrected chi connectivity index (χ0v) is 14.7. The minimum Gasteiger partial charge on any atom is -0.448 e. The third kappa shape index (κ3) is 4.20. The van der Waals surface area contributed by atoms with Crippen LogP contribution >= 0.6 is 0 Å². The van der Waals surface area contributed by atoms with Crippen molar-refractivity contribution in [3.8, 4) is 11.5 Å². The Kier molecular flexibility index (Phi) is 5.30. The lowest BCUT2D eigenvalue weighted by atomic mass is 10.2. The van der Waals surface area contributed by atoms with Gasteiger partial charge in [-0.1, -0.05) is 30.3 Å². The lowest BCUT2D eigenvalue weighted by Crippen LogP contribution is -2.30. The Labute approximate surface area is 155 Å². The Bertz CT molecular complexity index is 969. The summed E-state index contributed by atoms with van der Waals surface area (Å²) in [5.74, 6) is -1.47. The van der Waals surface area contributed by atoms with Gasteiger partial charge in [0, 0.05) is 5.56 Å². The van der Waals surface area contributed by atoms with Gasteiger partial charge in [0.15, 0.2) is 11.8 Å². The molecule has 7 heteroatoms. The number of para-hydroxylation sites is 1. The van der Waals surface area contributed by atoms with Crippen LogP contribution in [-0.4, -0.2) is 23.0 Å². The average Bonchev–Trinajstić information content (AvgIpc) is 3.06. The summed E-state index contributed by atoms with van der Waals surface area (Å²) in [5.41, 5.74) is 0.707. The van der Waals surface area contributed by atoms with E-state index in [0.717, 1.165) is 0 Å². The van der Waals surface area contributed by atoms with Crippen LogP contribution < -0.4 is 5.32 Å². The maximum absolute atomic E-state index is 13.6. The first-order chi connectivity index (χ1) is 13.0. The van der Waals surface area contributed by atoms with Crippen molar-refractivity contribution in [2.45, 2.75) is 20.0 Å². The maximum atomic E-state index is 13.6. The Hall–Kier alpha value is -3.48. The molecule has 0 bridgehead atoms. The number of hydrogen-bond acceptors (Lipinski definition) is 5. The van der Waals surface area contributed by atoms with Gasteiger partial charge in [0.25, 0.3) is 5.91 Å². The Balaban J connectivity index is 1.69. The number of anilines is 1. The van der Waals surface area contributed by atoms with Gasteiger partial charge in [-0.15, -0.1) is 0 Å². The summed E-state index contributed by atoms with van der Waals surface area (Å²) in [6, 6.07) is 14.8. The molecule has 0 radical (unpaired) electrons. The van der Waals surface area contributed by atoms with E-state index in [2.05, 4.69) is 10.3 Å². The number of rotatable bonds is 5. The molecule has 1 heterocycles. The lowest BCUT2D eigenvalue weighted by molar-refractivity contribution is -0.123. The van der Waals surface area contributed by atoms with Gasteiger partial charge in [-0.05, 0) is 38.1 Å². The summed E-state index contributed by atoms with van der Waals surface area (Å²) in [7, 11) is 0. The van der Waals surface area contributed by atoms with Crippen molar-refractivity contribution in [1.29, 1.82) is 0 Å². The molecule has 6 nitrogen and oxygen atoms in total. The molecule has 3 aromatic rings. The molecular formula is C20H17FN2O4. The number of ether oxygens (including phenoxy) is 1. The number of aryl methyl sites for hydroxylation is 1. The largest absolute Gasteiger partial charge is 0.448 e. The summed E-state index contributed by atoms with van der Waals surface area (Å²) >= 11 is 0. The second-order valence-corrected chi connectivity index (χ2v) is 5.81. The van der Waals surface area contributed by atoms with E-state index in [-0.39, 0.29) is 23.0 Å². The van der Waals surface area contributed by atoms with Crippen LogP contribution in [0.2, 0.25) is 0 Å². The zero-order valence-electron chi connectivity index (χ0n) is 14.7. The molecule has 0 aliphatic rings. The summed E-state index contributed by atoms with van der Waals surface area (Å²) in [6.07, 6.45) is -1.15. The van der Waals surface area contributed by atoms with Gasteiger partial charge in [-0.2, -0.15) is 0 Å². The lowest BCUT2D eigenvalue weighted by Gasteiger charge is -2.13. The molecule has 0 aliphatic heterocycles. The molecule has 27 heavy (non-hydrogen) atoms. The smallest absolute Gasteiger partial charge is 0.361 e. The van der Waals surface area contributed by atoms with Crippen LogP contribution in [0.4, 0.5) is 10.1 Å². The molecular weight excluding hydrogens is 351 g/mol. The summed E-state index contributed by atoms with van der Waals surface area (Å²) in [6.45, 7) is 2.97. The van der Waals surface area contributed by atoms with E-state index in [1.165, 1.54) is 25.1 Å². The van der Waals surface area contributed by atoms with Crippen molar-refractivity contribution in [1.82, 2.24) is 4.98 Å². The molecule has 3 rings (SSSR count). The van der Waals surface area contributed by atoms with Crippen molar-refractivity contribution in [3.63, 3.8) is 0 Å². The Morgan fingerprint density at radius 3 is 2.48 bits per heavy atom. The van der Waals surface area contributed by atoms with E-state index in [1.807, 2.05) is 18.2 Å². The Morgan fingerprint density at radius 1 is 1.11 bits per heavy atom. The predicted octanol–water partition coefficient (Wildman–Crippen LogP) is 3.97. The minimum absolute atomic E-state index is 0.00868. The molecule has 0 unspecified atom stereocenters. The maximum Gasteiger partial charge on any atom is 0.361 e. The van der Waals surface area contributed by atoms with E-state index in [9.17, 15) is 14.0 Å². The van der Waals surface area contributed by atoms with E-state index >= 15 is 0 Å². The van der Waals surface area contributed by atoms with Gasteiger partial charge in [-0.25, -0.2) is 14.2 Å². The second kappa shape index (κ2) is 7.82. The first kappa shape index (κ1) is 18.3. The average molecular weight is 368 g/mol. The van der Waals surface area contributed by atoms with Gasteiger partial charge < -0.3 is 14.5 Å². The number of aromatic nitrogens is 1. The quantitative estimate of drug-likeness (QED) is 0.689. The van der Waals surface area contributed by atoms with Crippen LogP contribution in [-0.2, 0) is 9.53 Å². The first-order valence-corrected chi connectivity index (χ1v) is 8.25. The zero-order chi connectivity index (χ0) is 19.4. The van der Waals surface area contributed by atoms with Crippen LogP contribution in [0.5, 0.6) is 0 Å². The number of carbonyl (C=O) groups is 2.